The Morgan fingerprint density at radius 1 is 1.12 bits per heavy atom. The summed E-state index contributed by atoms with van der Waals surface area (Å²) >= 11 is 1.11. The minimum Gasteiger partial charge on any atom is -0.493 e. The first-order valence-electron chi connectivity index (χ1n) is 17.2. The van der Waals surface area contributed by atoms with Crippen LogP contribution in [0.15, 0.2) is 27.5 Å². The zero-order valence-electron chi connectivity index (χ0n) is 28.2. The number of piperidine rings is 1. The molecule has 3 amide bonds. The molecular formula is C35H44N6O7S. The molecule has 14 heteroatoms. The van der Waals surface area contributed by atoms with Gasteiger partial charge in [0.25, 0.3) is 5.56 Å². The highest BCUT2D eigenvalue weighted by atomic mass is 32.2. The Labute approximate surface area is 289 Å². The molecule has 6 rings (SSSR count). The van der Waals surface area contributed by atoms with Crippen LogP contribution in [-0.4, -0.2) is 98.8 Å². The minimum absolute atomic E-state index is 0.000700. The van der Waals surface area contributed by atoms with E-state index in [2.05, 4.69) is 15.4 Å². The van der Waals surface area contributed by atoms with Gasteiger partial charge in [-0.3, -0.25) is 33.4 Å². The molecule has 3 aliphatic heterocycles. The molecule has 13 nitrogen and oxygen atoms in total. The highest BCUT2D eigenvalue weighted by Crippen LogP contribution is 2.34. The number of likely N-dealkylation sites (tertiary alicyclic amines) is 2. The Morgan fingerprint density at radius 2 is 1.94 bits per heavy atom. The van der Waals surface area contributed by atoms with Gasteiger partial charge in [-0.2, -0.15) is 0 Å². The van der Waals surface area contributed by atoms with Crippen molar-refractivity contribution in [3.8, 4) is 5.75 Å². The molecule has 5 heterocycles. The van der Waals surface area contributed by atoms with Crippen LogP contribution in [0.3, 0.4) is 0 Å². The molecule has 2 aromatic heterocycles. The Morgan fingerprint density at radius 3 is 2.73 bits per heavy atom. The maximum atomic E-state index is 13.1. The van der Waals surface area contributed by atoms with E-state index in [9.17, 15) is 24.0 Å². The number of Topliss-reactive ketones (excluding diaryl/α,β-unsaturated/α-hetero) is 1. The van der Waals surface area contributed by atoms with E-state index in [0.29, 0.717) is 24.2 Å². The van der Waals surface area contributed by atoms with Gasteiger partial charge >= 0.3 is 0 Å². The molecule has 1 aromatic carbocycles. The summed E-state index contributed by atoms with van der Waals surface area (Å²) in [5.41, 5.74) is 3.47. The van der Waals surface area contributed by atoms with Crippen LogP contribution in [0.25, 0.3) is 11.0 Å². The van der Waals surface area contributed by atoms with Crippen molar-refractivity contribution in [1.29, 1.82) is 0 Å². The number of ether oxygens (including phenoxy) is 1. The number of benzene rings is 1. The maximum Gasteiger partial charge on any atom is 0.256 e. The predicted octanol–water partition coefficient (Wildman–Crippen LogP) is 2.79. The van der Waals surface area contributed by atoms with Gasteiger partial charge in [-0.1, -0.05) is 5.16 Å². The number of hydrogen-bond donors (Lipinski definition) is 1. The molecule has 3 aliphatic rings. The molecule has 1 atom stereocenters. The first kappa shape index (κ1) is 34.8. The highest BCUT2D eigenvalue weighted by Gasteiger charge is 2.39. The lowest BCUT2D eigenvalue weighted by molar-refractivity contribution is -0.141. The fourth-order valence-corrected chi connectivity index (χ4v) is 7.98. The molecule has 2 saturated heterocycles. The summed E-state index contributed by atoms with van der Waals surface area (Å²) in [6.07, 6.45) is 6.25. The van der Waals surface area contributed by atoms with Crippen LogP contribution in [0, 0.1) is 6.92 Å². The molecular weight excluding hydrogens is 648 g/mol. The van der Waals surface area contributed by atoms with Gasteiger partial charge in [0.1, 0.15) is 11.6 Å². The van der Waals surface area contributed by atoms with E-state index in [1.54, 1.807) is 0 Å². The van der Waals surface area contributed by atoms with Crippen molar-refractivity contribution in [3.63, 3.8) is 0 Å². The van der Waals surface area contributed by atoms with E-state index >= 15 is 0 Å². The number of fused-ring (bicyclic) bond motifs is 2. The molecule has 0 bridgehead atoms. The number of imide groups is 1. The molecule has 3 aromatic rings. The second kappa shape index (κ2) is 15.7. The van der Waals surface area contributed by atoms with E-state index < -0.39 is 11.2 Å². The minimum atomic E-state index is -0.633. The van der Waals surface area contributed by atoms with Gasteiger partial charge in [0, 0.05) is 68.0 Å². The summed E-state index contributed by atoms with van der Waals surface area (Å²) in [5.74, 6) is 0.668. The van der Waals surface area contributed by atoms with Crippen molar-refractivity contribution in [2.24, 2.45) is 0 Å². The van der Waals surface area contributed by atoms with E-state index in [1.165, 1.54) is 7.05 Å². The second-order valence-electron chi connectivity index (χ2n) is 13.1. The topological polar surface area (TPSA) is 157 Å². The van der Waals surface area contributed by atoms with Crippen molar-refractivity contribution in [2.75, 3.05) is 45.6 Å². The monoisotopic (exact) mass is 692 g/mol. The van der Waals surface area contributed by atoms with E-state index in [-0.39, 0.29) is 60.8 Å². The van der Waals surface area contributed by atoms with Gasteiger partial charge in [-0.25, -0.2) is 4.98 Å². The van der Waals surface area contributed by atoms with Crippen molar-refractivity contribution in [1.82, 2.24) is 29.8 Å². The SMILES string of the molecule is CNC(=O)CSC1CC(=O)N(CC(=O)CCCOc2ccc3c(C4CCN(CCc5c(C)nc6n(c5=O)CCCC6)CC4)noc3c2)C1=O. The van der Waals surface area contributed by atoms with E-state index in [0.717, 1.165) is 103 Å². The van der Waals surface area contributed by atoms with Gasteiger partial charge in [-0.15, -0.1) is 11.8 Å². The fourth-order valence-electron chi connectivity index (χ4n) is 6.95. The van der Waals surface area contributed by atoms with Crippen LogP contribution in [-0.2, 0) is 38.6 Å². The number of nitrogens with one attached hydrogen (secondary N) is 1. The molecule has 49 heavy (non-hydrogen) atoms. The van der Waals surface area contributed by atoms with E-state index in [4.69, 9.17) is 14.2 Å². The zero-order valence-corrected chi connectivity index (χ0v) is 29.0. The number of thioether (sulfide) groups is 1. The summed E-state index contributed by atoms with van der Waals surface area (Å²) in [6, 6.07) is 5.66. The Kier molecular flexibility index (Phi) is 11.1. The number of hydrogen-bond acceptors (Lipinski definition) is 11. The number of amides is 3. The molecule has 1 unspecified atom stereocenters. The van der Waals surface area contributed by atoms with Crippen LogP contribution in [0.2, 0.25) is 0 Å². The average molecular weight is 693 g/mol. The van der Waals surface area contributed by atoms with Crippen LogP contribution in [0.1, 0.15) is 73.6 Å². The Balaban J connectivity index is 0.932. The van der Waals surface area contributed by atoms with Gasteiger partial charge < -0.3 is 19.5 Å². The van der Waals surface area contributed by atoms with Crippen molar-refractivity contribution < 1.29 is 28.4 Å². The number of carbonyl (C=O) groups excluding carboxylic acids is 4. The van der Waals surface area contributed by atoms with Crippen molar-refractivity contribution in [3.05, 3.63) is 51.3 Å². The van der Waals surface area contributed by atoms with Gasteiger partial charge in [0.05, 0.1) is 29.8 Å². The predicted molar refractivity (Wildman–Crippen MR) is 184 cm³/mol. The first-order valence-corrected chi connectivity index (χ1v) is 18.3. The highest BCUT2D eigenvalue weighted by molar-refractivity contribution is 8.01. The van der Waals surface area contributed by atoms with Gasteiger partial charge in [0.15, 0.2) is 11.4 Å². The van der Waals surface area contributed by atoms with Gasteiger partial charge in [0.2, 0.25) is 17.7 Å². The summed E-state index contributed by atoms with van der Waals surface area (Å²) in [4.78, 5) is 70.2. The number of rotatable bonds is 14. The summed E-state index contributed by atoms with van der Waals surface area (Å²) in [6.45, 7) is 5.46. The molecule has 2 fully saturated rings. The lowest BCUT2D eigenvalue weighted by Crippen LogP contribution is -2.37. The second-order valence-corrected chi connectivity index (χ2v) is 14.3. The zero-order chi connectivity index (χ0) is 34.5. The number of aryl methyl sites for hydroxylation is 2. The van der Waals surface area contributed by atoms with Crippen LogP contribution in [0.4, 0.5) is 0 Å². The largest absolute Gasteiger partial charge is 0.493 e. The lowest BCUT2D eigenvalue weighted by atomic mass is 9.91. The number of ketones is 1. The van der Waals surface area contributed by atoms with Crippen molar-refractivity contribution >= 4 is 46.2 Å². The summed E-state index contributed by atoms with van der Waals surface area (Å²) in [5, 5.41) is 7.25. The third-order valence-electron chi connectivity index (χ3n) is 9.80. The summed E-state index contributed by atoms with van der Waals surface area (Å²) < 4.78 is 13.5. The third kappa shape index (κ3) is 8.07. The number of aromatic nitrogens is 3. The van der Waals surface area contributed by atoms with Crippen LogP contribution in [0.5, 0.6) is 5.75 Å². The fraction of sp³-hybridized carbons (Fsp3) is 0.571. The maximum absolute atomic E-state index is 13.1. The standard InChI is InChI=1S/C35H44N6O7S/c1-22-26(34(45)40-13-4-3-7-30(40)37-22)12-16-39-14-10-23(11-15-39)33-27-9-8-25(18-28(27)48-38-33)47-17-5-6-24(42)20-41-32(44)19-29(35(41)46)49-21-31(43)36-2/h8-9,18,23,29H,3-7,10-17,19-21H2,1-2H3,(H,36,43). The molecule has 0 saturated carbocycles. The normalized spacial score (nSPS) is 18.7. The average Bonchev–Trinajstić information content (AvgIpc) is 3.65. The third-order valence-corrected chi connectivity index (χ3v) is 11.0. The van der Waals surface area contributed by atoms with Gasteiger partial charge in [-0.05, 0) is 70.7 Å². The molecule has 1 N–H and O–H groups in total. The van der Waals surface area contributed by atoms with Crippen LogP contribution >= 0.6 is 11.8 Å². The van der Waals surface area contributed by atoms with E-state index in [1.807, 2.05) is 29.7 Å². The lowest BCUT2D eigenvalue weighted by Gasteiger charge is -2.31. The molecule has 0 aliphatic carbocycles. The molecule has 0 radical (unpaired) electrons. The number of nitrogens with zero attached hydrogens (tertiary/aromatic N) is 5. The Hall–Kier alpha value is -4.04. The first-order chi connectivity index (χ1) is 23.7. The van der Waals surface area contributed by atoms with Crippen molar-refractivity contribution in [2.45, 2.75) is 82.4 Å². The summed E-state index contributed by atoms with van der Waals surface area (Å²) in [7, 11) is 1.51. The molecule has 0 spiro atoms. The smallest absolute Gasteiger partial charge is 0.256 e. The Bertz CT molecular complexity index is 1780. The quantitative estimate of drug-likeness (QED) is 0.196. The number of carbonyl (C=O) groups is 4. The van der Waals surface area contributed by atoms with Crippen LogP contribution < -0.4 is 15.6 Å². The molecule has 262 valence electrons.